The molecule has 0 saturated heterocycles. The molecular weight excluding hydrogens is 308 g/mol. The molecule has 124 valence electrons. The van der Waals surface area contributed by atoms with Crippen LogP contribution in [0.4, 0.5) is 8.78 Å². The molecule has 0 aromatic heterocycles. The first-order chi connectivity index (χ1) is 11.7. The lowest BCUT2D eigenvalue weighted by molar-refractivity contribution is 0.0693. The number of benzene rings is 2. The molecule has 0 aliphatic carbocycles. The van der Waals surface area contributed by atoms with Gasteiger partial charge in [0.05, 0.1) is 6.61 Å². The van der Waals surface area contributed by atoms with Gasteiger partial charge in [-0.3, -0.25) is 0 Å². The minimum absolute atomic E-state index is 0.290. The van der Waals surface area contributed by atoms with Crippen LogP contribution in [0.3, 0.4) is 0 Å². The maximum Gasteiger partial charge on any atom is 0.123 e. The zero-order valence-corrected chi connectivity index (χ0v) is 13.2. The molecule has 24 heavy (non-hydrogen) atoms. The zero-order chi connectivity index (χ0) is 16.8. The molecule has 2 aromatic rings. The smallest absolute Gasteiger partial charge is 0.123 e. The van der Waals surface area contributed by atoms with Crippen LogP contribution in [0.1, 0.15) is 17.2 Å². The van der Waals surface area contributed by atoms with Gasteiger partial charge in [-0.15, -0.1) is 0 Å². The molecule has 0 bridgehead atoms. The van der Waals surface area contributed by atoms with Crippen molar-refractivity contribution in [2.75, 3.05) is 19.7 Å². The summed E-state index contributed by atoms with van der Waals surface area (Å²) in [6, 6.07) is 12.4. The number of nitrogens with zero attached hydrogens (tertiary/aromatic N) is 1. The fraction of sp³-hybridized carbons (Fsp3) is 0.200. The van der Waals surface area contributed by atoms with Gasteiger partial charge < -0.3 is 9.64 Å². The number of ether oxygens (including phenoxy) is 1. The molecule has 0 radical (unpaired) electrons. The van der Waals surface area contributed by atoms with E-state index in [2.05, 4.69) is 11.0 Å². The van der Waals surface area contributed by atoms with Crippen molar-refractivity contribution in [1.29, 1.82) is 0 Å². The summed E-state index contributed by atoms with van der Waals surface area (Å²) in [6.45, 7) is 2.12. The molecule has 2 nitrogen and oxygen atoms in total. The number of allylic oxidation sites excluding steroid dienone is 2. The molecule has 1 aliphatic rings. The first-order valence-electron chi connectivity index (χ1n) is 7.92. The van der Waals surface area contributed by atoms with Gasteiger partial charge in [-0.05, 0) is 47.7 Å². The highest BCUT2D eigenvalue weighted by Gasteiger charge is 2.15. The van der Waals surface area contributed by atoms with Crippen molar-refractivity contribution in [2.45, 2.75) is 6.10 Å². The number of hydrogen-bond acceptors (Lipinski definition) is 2. The number of rotatable bonds is 6. The van der Waals surface area contributed by atoms with Crippen LogP contribution in [-0.2, 0) is 4.74 Å². The van der Waals surface area contributed by atoms with E-state index in [9.17, 15) is 8.78 Å². The molecule has 0 atom stereocenters. The van der Waals surface area contributed by atoms with E-state index in [4.69, 9.17) is 4.74 Å². The van der Waals surface area contributed by atoms with E-state index in [1.165, 1.54) is 24.3 Å². The second kappa shape index (κ2) is 7.88. The summed E-state index contributed by atoms with van der Waals surface area (Å²) in [4.78, 5) is 2.15. The Morgan fingerprint density at radius 3 is 1.96 bits per heavy atom. The largest absolute Gasteiger partial charge is 0.371 e. The Morgan fingerprint density at radius 1 is 0.875 bits per heavy atom. The molecule has 0 spiro atoms. The highest BCUT2D eigenvalue weighted by atomic mass is 19.1. The second-order valence-corrected chi connectivity index (χ2v) is 5.62. The maximum atomic E-state index is 13.2. The van der Waals surface area contributed by atoms with Gasteiger partial charge in [0.15, 0.2) is 0 Å². The first kappa shape index (κ1) is 16.4. The number of halogens is 2. The lowest BCUT2D eigenvalue weighted by Gasteiger charge is -2.23. The fourth-order valence-electron chi connectivity index (χ4n) is 2.62. The van der Waals surface area contributed by atoms with Crippen molar-refractivity contribution < 1.29 is 13.5 Å². The Bertz CT molecular complexity index is 662. The summed E-state index contributed by atoms with van der Waals surface area (Å²) in [5.41, 5.74) is 1.69. The van der Waals surface area contributed by atoms with Crippen LogP contribution in [-0.4, -0.2) is 24.6 Å². The Labute approximate surface area is 140 Å². The van der Waals surface area contributed by atoms with E-state index in [0.29, 0.717) is 6.61 Å². The lowest BCUT2D eigenvalue weighted by atomic mass is 10.0. The molecule has 1 aliphatic heterocycles. The Morgan fingerprint density at radius 2 is 1.46 bits per heavy atom. The van der Waals surface area contributed by atoms with E-state index in [1.54, 1.807) is 24.3 Å². The van der Waals surface area contributed by atoms with Crippen molar-refractivity contribution in [3.63, 3.8) is 0 Å². The van der Waals surface area contributed by atoms with Crippen LogP contribution >= 0.6 is 0 Å². The van der Waals surface area contributed by atoms with Crippen molar-refractivity contribution in [3.8, 4) is 0 Å². The van der Waals surface area contributed by atoms with E-state index in [-0.39, 0.29) is 17.7 Å². The molecule has 3 rings (SSSR count). The van der Waals surface area contributed by atoms with E-state index >= 15 is 0 Å². The Kier molecular flexibility index (Phi) is 5.39. The molecule has 1 heterocycles. The van der Waals surface area contributed by atoms with Gasteiger partial charge in [-0.25, -0.2) is 8.78 Å². The van der Waals surface area contributed by atoms with Gasteiger partial charge in [-0.2, -0.15) is 0 Å². The van der Waals surface area contributed by atoms with Crippen molar-refractivity contribution >= 4 is 0 Å². The predicted molar refractivity (Wildman–Crippen MR) is 90.4 cm³/mol. The Hall–Kier alpha value is -2.46. The number of hydrogen-bond donors (Lipinski definition) is 0. The van der Waals surface area contributed by atoms with Gasteiger partial charge in [-0.1, -0.05) is 36.4 Å². The quantitative estimate of drug-likeness (QED) is 0.777. The van der Waals surface area contributed by atoms with E-state index in [0.717, 1.165) is 24.2 Å². The highest BCUT2D eigenvalue weighted by molar-refractivity contribution is 5.30. The summed E-state index contributed by atoms with van der Waals surface area (Å²) in [5, 5.41) is 0. The minimum atomic E-state index is -0.351. The topological polar surface area (TPSA) is 12.5 Å². The summed E-state index contributed by atoms with van der Waals surface area (Å²) in [5.74, 6) is -0.580. The molecule has 0 amide bonds. The van der Waals surface area contributed by atoms with Crippen molar-refractivity contribution in [1.82, 2.24) is 4.90 Å². The van der Waals surface area contributed by atoms with Crippen LogP contribution in [0, 0.1) is 11.6 Å². The molecule has 0 fully saturated rings. The standard InChI is InChI=1S/C20H19F2NO/c21-18-8-4-16(5-9-18)20(17-6-10-19(22)11-7-17)24-15-14-23-12-2-1-3-13-23/h1-12,20H,13-15H2. The predicted octanol–water partition coefficient (Wildman–Crippen LogP) is 4.46. The van der Waals surface area contributed by atoms with Gasteiger partial charge in [0.1, 0.15) is 17.7 Å². The SMILES string of the molecule is Fc1ccc(C(OCCN2C=CC=CC2)c2ccc(F)cc2)cc1. The van der Waals surface area contributed by atoms with E-state index < -0.39 is 0 Å². The first-order valence-corrected chi connectivity index (χ1v) is 7.92. The van der Waals surface area contributed by atoms with Gasteiger partial charge in [0, 0.05) is 13.1 Å². The molecule has 2 aromatic carbocycles. The maximum absolute atomic E-state index is 13.2. The summed E-state index contributed by atoms with van der Waals surface area (Å²) >= 11 is 0. The summed E-state index contributed by atoms with van der Waals surface area (Å²) < 4.78 is 32.4. The lowest BCUT2D eigenvalue weighted by Crippen LogP contribution is -2.24. The molecular formula is C20H19F2NO. The van der Waals surface area contributed by atoms with Crippen LogP contribution in [0.15, 0.2) is 73.0 Å². The summed E-state index contributed by atoms with van der Waals surface area (Å²) in [7, 11) is 0. The second-order valence-electron chi connectivity index (χ2n) is 5.62. The van der Waals surface area contributed by atoms with Crippen molar-refractivity contribution in [3.05, 3.63) is 95.7 Å². The normalized spacial score (nSPS) is 13.7. The minimum Gasteiger partial charge on any atom is -0.371 e. The van der Waals surface area contributed by atoms with Gasteiger partial charge in [0.2, 0.25) is 0 Å². The fourth-order valence-corrected chi connectivity index (χ4v) is 2.62. The van der Waals surface area contributed by atoms with Crippen molar-refractivity contribution in [2.24, 2.45) is 0 Å². The molecule has 0 unspecified atom stereocenters. The summed E-state index contributed by atoms with van der Waals surface area (Å²) in [6.07, 6.45) is 7.75. The van der Waals surface area contributed by atoms with Crippen LogP contribution in [0.25, 0.3) is 0 Å². The van der Waals surface area contributed by atoms with Crippen LogP contribution < -0.4 is 0 Å². The average Bonchev–Trinajstić information content (AvgIpc) is 2.62. The van der Waals surface area contributed by atoms with Crippen LogP contribution in [0.2, 0.25) is 0 Å². The third kappa shape index (κ3) is 4.30. The monoisotopic (exact) mass is 327 g/mol. The molecule has 0 N–H and O–H groups in total. The van der Waals surface area contributed by atoms with Crippen LogP contribution in [0.5, 0.6) is 0 Å². The third-order valence-electron chi connectivity index (χ3n) is 3.89. The third-order valence-corrected chi connectivity index (χ3v) is 3.89. The zero-order valence-electron chi connectivity index (χ0n) is 13.2. The Balaban J connectivity index is 1.71. The average molecular weight is 327 g/mol. The molecule has 0 saturated carbocycles. The van der Waals surface area contributed by atoms with Gasteiger partial charge in [0.25, 0.3) is 0 Å². The van der Waals surface area contributed by atoms with Gasteiger partial charge >= 0.3 is 0 Å². The highest BCUT2D eigenvalue weighted by Crippen LogP contribution is 2.26. The van der Waals surface area contributed by atoms with E-state index in [1.807, 2.05) is 18.4 Å². The molecule has 4 heteroatoms.